The predicted octanol–water partition coefficient (Wildman–Crippen LogP) is 2.37. The molecule has 0 spiro atoms. The topological polar surface area (TPSA) is 32.3 Å². The van der Waals surface area contributed by atoms with E-state index in [1.165, 1.54) is 6.42 Å². The van der Waals surface area contributed by atoms with E-state index in [1.807, 2.05) is 29.2 Å². The van der Waals surface area contributed by atoms with Gasteiger partial charge in [-0.3, -0.25) is 4.79 Å². The molecule has 1 aromatic rings. The lowest BCUT2D eigenvalue weighted by Crippen LogP contribution is -2.57. The van der Waals surface area contributed by atoms with E-state index in [0.717, 1.165) is 31.5 Å². The Kier molecular flexibility index (Phi) is 3.27. The molecule has 1 N–H and O–H groups in total. The Morgan fingerprint density at radius 1 is 1.33 bits per heavy atom. The van der Waals surface area contributed by atoms with Crippen LogP contribution in [0.5, 0.6) is 0 Å². The molecule has 2 fully saturated rings. The van der Waals surface area contributed by atoms with E-state index in [2.05, 4.69) is 5.32 Å². The highest BCUT2D eigenvalue weighted by atomic mass is 35.5. The number of fused-ring (bicyclic) bond motifs is 1. The number of piperidine rings is 1. The summed E-state index contributed by atoms with van der Waals surface area (Å²) in [5.41, 5.74) is 0.969. The largest absolute Gasteiger partial charge is 0.337 e. The quantitative estimate of drug-likeness (QED) is 0.845. The molecule has 2 saturated heterocycles. The second-order valence-electron chi connectivity index (χ2n) is 5.08. The van der Waals surface area contributed by atoms with Crippen molar-refractivity contribution in [3.8, 4) is 0 Å². The molecule has 2 aliphatic heterocycles. The third-order valence-electron chi connectivity index (χ3n) is 3.90. The molecule has 0 saturated carbocycles. The summed E-state index contributed by atoms with van der Waals surface area (Å²) in [6, 6.07) is 7.74. The highest BCUT2D eigenvalue weighted by molar-refractivity contribution is 6.30. The van der Waals surface area contributed by atoms with Gasteiger partial charge < -0.3 is 10.2 Å². The average Bonchev–Trinajstić information content (AvgIpc) is 2.39. The van der Waals surface area contributed by atoms with Crippen LogP contribution in [0.15, 0.2) is 24.3 Å². The first-order chi connectivity index (χ1) is 8.75. The van der Waals surface area contributed by atoms with Crippen molar-refractivity contribution in [2.24, 2.45) is 0 Å². The standard InChI is InChI=1S/C14H17ClN2O/c15-11-5-3-4-10(8-11)13-14(18)17-7-2-1-6-12(17)9-16-13/h3-5,8,12-13,16H,1-2,6-7,9H2. The van der Waals surface area contributed by atoms with Crippen LogP contribution in [0.25, 0.3) is 0 Å². The molecule has 18 heavy (non-hydrogen) atoms. The fourth-order valence-electron chi connectivity index (χ4n) is 2.96. The summed E-state index contributed by atoms with van der Waals surface area (Å²) >= 11 is 6.00. The highest BCUT2D eigenvalue weighted by Crippen LogP contribution is 2.27. The molecule has 1 aromatic carbocycles. The fraction of sp³-hybridized carbons (Fsp3) is 0.500. The Hall–Kier alpha value is -1.06. The van der Waals surface area contributed by atoms with E-state index < -0.39 is 0 Å². The van der Waals surface area contributed by atoms with E-state index >= 15 is 0 Å². The first-order valence-corrected chi connectivity index (χ1v) is 6.93. The van der Waals surface area contributed by atoms with Crippen molar-refractivity contribution in [3.05, 3.63) is 34.9 Å². The van der Waals surface area contributed by atoms with Crippen LogP contribution in [0, 0.1) is 0 Å². The Labute approximate surface area is 112 Å². The van der Waals surface area contributed by atoms with E-state index in [0.29, 0.717) is 11.1 Å². The molecule has 0 bridgehead atoms. The minimum atomic E-state index is -0.224. The van der Waals surface area contributed by atoms with Crippen LogP contribution >= 0.6 is 11.6 Å². The number of halogens is 1. The molecule has 1 amide bonds. The number of nitrogens with zero attached hydrogens (tertiary/aromatic N) is 1. The molecule has 3 nitrogen and oxygen atoms in total. The first-order valence-electron chi connectivity index (χ1n) is 6.55. The number of hydrogen-bond acceptors (Lipinski definition) is 2. The lowest BCUT2D eigenvalue weighted by Gasteiger charge is -2.43. The van der Waals surface area contributed by atoms with Crippen molar-refractivity contribution >= 4 is 17.5 Å². The van der Waals surface area contributed by atoms with Crippen LogP contribution in [0.3, 0.4) is 0 Å². The van der Waals surface area contributed by atoms with Crippen molar-refractivity contribution < 1.29 is 4.79 Å². The van der Waals surface area contributed by atoms with Crippen molar-refractivity contribution in [3.63, 3.8) is 0 Å². The van der Waals surface area contributed by atoms with Crippen molar-refractivity contribution in [1.82, 2.24) is 10.2 Å². The van der Waals surface area contributed by atoms with Crippen LogP contribution in [-0.4, -0.2) is 29.9 Å². The Morgan fingerprint density at radius 3 is 3.06 bits per heavy atom. The van der Waals surface area contributed by atoms with Crippen LogP contribution in [0.4, 0.5) is 0 Å². The minimum absolute atomic E-state index is 0.202. The van der Waals surface area contributed by atoms with Gasteiger partial charge in [0.05, 0.1) is 0 Å². The summed E-state index contributed by atoms with van der Waals surface area (Å²) in [5.74, 6) is 0.202. The molecule has 2 heterocycles. The van der Waals surface area contributed by atoms with Crippen LogP contribution in [-0.2, 0) is 4.79 Å². The van der Waals surface area contributed by atoms with Gasteiger partial charge >= 0.3 is 0 Å². The second kappa shape index (κ2) is 4.90. The zero-order chi connectivity index (χ0) is 12.5. The maximum atomic E-state index is 12.5. The number of carbonyl (C=O) groups excluding carboxylic acids is 1. The van der Waals surface area contributed by atoms with Gasteiger partial charge in [-0.05, 0) is 37.0 Å². The monoisotopic (exact) mass is 264 g/mol. The number of hydrogen-bond donors (Lipinski definition) is 1. The Bertz CT molecular complexity index is 463. The molecular weight excluding hydrogens is 248 g/mol. The third kappa shape index (κ3) is 2.13. The molecule has 4 heteroatoms. The summed E-state index contributed by atoms with van der Waals surface area (Å²) in [6.07, 6.45) is 3.49. The van der Waals surface area contributed by atoms with Crippen molar-refractivity contribution in [1.29, 1.82) is 0 Å². The van der Waals surface area contributed by atoms with E-state index in [4.69, 9.17) is 11.6 Å². The van der Waals surface area contributed by atoms with Crippen LogP contribution in [0.1, 0.15) is 30.9 Å². The summed E-state index contributed by atoms with van der Waals surface area (Å²) in [4.78, 5) is 14.5. The van der Waals surface area contributed by atoms with Crippen molar-refractivity contribution in [2.75, 3.05) is 13.1 Å². The molecule has 0 radical (unpaired) electrons. The van der Waals surface area contributed by atoms with Gasteiger partial charge in [-0.1, -0.05) is 23.7 Å². The maximum Gasteiger partial charge on any atom is 0.244 e. The summed E-state index contributed by atoms with van der Waals surface area (Å²) in [5, 5.41) is 4.04. The van der Waals surface area contributed by atoms with Crippen LogP contribution in [0.2, 0.25) is 5.02 Å². The van der Waals surface area contributed by atoms with Gasteiger partial charge in [-0.2, -0.15) is 0 Å². The minimum Gasteiger partial charge on any atom is -0.337 e. The fourth-order valence-corrected chi connectivity index (χ4v) is 3.16. The molecule has 2 unspecified atom stereocenters. The smallest absolute Gasteiger partial charge is 0.244 e. The Balaban J connectivity index is 1.84. The predicted molar refractivity (Wildman–Crippen MR) is 71.5 cm³/mol. The van der Waals surface area contributed by atoms with Gasteiger partial charge in [0.25, 0.3) is 0 Å². The average molecular weight is 265 g/mol. The van der Waals surface area contributed by atoms with E-state index in [9.17, 15) is 4.79 Å². The molecule has 2 aliphatic rings. The lowest BCUT2D eigenvalue weighted by atomic mass is 9.95. The number of benzene rings is 1. The number of nitrogens with one attached hydrogen (secondary N) is 1. The maximum absolute atomic E-state index is 12.5. The molecule has 2 atom stereocenters. The first kappa shape index (κ1) is 12.0. The SMILES string of the molecule is O=C1C(c2cccc(Cl)c2)NCC2CCCCN12. The van der Waals surface area contributed by atoms with Gasteiger partial charge in [0.2, 0.25) is 5.91 Å². The zero-order valence-corrected chi connectivity index (χ0v) is 11.0. The van der Waals surface area contributed by atoms with Gasteiger partial charge in [0.1, 0.15) is 6.04 Å². The van der Waals surface area contributed by atoms with Gasteiger partial charge in [0.15, 0.2) is 0 Å². The molecule has 3 rings (SSSR count). The van der Waals surface area contributed by atoms with Crippen molar-refractivity contribution in [2.45, 2.75) is 31.3 Å². The molecule has 0 aliphatic carbocycles. The Morgan fingerprint density at radius 2 is 2.22 bits per heavy atom. The summed E-state index contributed by atoms with van der Waals surface area (Å²) < 4.78 is 0. The van der Waals surface area contributed by atoms with Gasteiger partial charge in [-0.15, -0.1) is 0 Å². The van der Waals surface area contributed by atoms with Gasteiger partial charge in [0, 0.05) is 24.2 Å². The highest BCUT2D eigenvalue weighted by Gasteiger charge is 2.36. The van der Waals surface area contributed by atoms with E-state index in [-0.39, 0.29) is 11.9 Å². The third-order valence-corrected chi connectivity index (χ3v) is 4.13. The molecule has 96 valence electrons. The number of carbonyl (C=O) groups is 1. The zero-order valence-electron chi connectivity index (χ0n) is 10.2. The van der Waals surface area contributed by atoms with Gasteiger partial charge in [-0.25, -0.2) is 0 Å². The number of rotatable bonds is 1. The van der Waals surface area contributed by atoms with E-state index in [1.54, 1.807) is 0 Å². The summed E-state index contributed by atoms with van der Waals surface area (Å²) in [7, 11) is 0. The normalized spacial score (nSPS) is 28.1. The molecule has 0 aromatic heterocycles. The number of piperazine rings is 1. The number of amides is 1. The molecular formula is C14H17ClN2O. The van der Waals surface area contributed by atoms with Crippen LogP contribution < -0.4 is 5.32 Å². The second-order valence-corrected chi connectivity index (χ2v) is 5.51. The lowest BCUT2D eigenvalue weighted by molar-refractivity contribution is -0.140. The summed E-state index contributed by atoms with van der Waals surface area (Å²) in [6.45, 7) is 1.80.